The van der Waals surface area contributed by atoms with Gasteiger partial charge in [0, 0.05) is 22.3 Å². The first-order valence-corrected chi connectivity index (χ1v) is 22.9. The van der Waals surface area contributed by atoms with Crippen molar-refractivity contribution in [1.82, 2.24) is 15.0 Å². The van der Waals surface area contributed by atoms with Crippen LogP contribution in [0.25, 0.3) is 133 Å². The summed E-state index contributed by atoms with van der Waals surface area (Å²) in [4.78, 5) is 15.3. The molecular weight excluding hydrogens is 825 g/mol. The van der Waals surface area contributed by atoms with Crippen molar-refractivity contribution in [2.45, 2.75) is 0 Å². The van der Waals surface area contributed by atoms with Crippen LogP contribution in [0.3, 0.4) is 0 Å². The second-order valence-corrected chi connectivity index (χ2v) is 17.4. The molecule has 1 heterocycles. The first-order valence-electron chi connectivity index (χ1n) is 22.9. The molecule has 0 spiro atoms. The van der Waals surface area contributed by atoms with E-state index in [1.54, 1.807) is 0 Å². The molecule has 68 heavy (non-hydrogen) atoms. The molecule has 13 rings (SSSR count). The molecule has 0 aliphatic heterocycles. The zero-order valence-corrected chi connectivity index (χ0v) is 36.7. The van der Waals surface area contributed by atoms with Crippen molar-refractivity contribution in [3.63, 3.8) is 0 Å². The van der Waals surface area contributed by atoms with Crippen LogP contribution < -0.4 is 0 Å². The van der Waals surface area contributed by atoms with Gasteiger partial charge < -0.3 is 0 Å². The number of nitrogens with zero attached hydrogens (tertiary/aromatic N) is 4. The van der Waals surface area contributed by atoms with E-state index < -0.39 is 0 Å². The number of fused-ring (bicyclic) bond motifs is 6. The third-order valence-corrected chi connectivity index (χ3v) is 13.5. The molecule has 0 unspecified atom stereocenters. The van der Waals surface area contributed by atoms with E-state index in [-0.39, 0.29) is 0 Å². The summed E-state index contributed by atoms with van der Waals surface area (Å²) in [6.07, 6.45) is 0. The fourth-order valence-electron chi connectivity index (χ4n) is 10.3. The molecule has 4 heteroatoms. The average Bonchev–Trinajstić information content (AvgIpc) is 3.74. The minimum atomic E-state index is 0.567. The second-order valence-electron chi connectivity index (χ2n) is 17.4. The van der Waals surface area contributed by atoms with E-state index in [2.05, 4.69) is 182 Å². The highest BCUT2D eigenvalue weighted by Crippen LogP contribution is 2.48. The highest BCUT2D eigenvalue weighted by molar-refractivity contribution is 6.16. The van der Waals surface area contributed by atoms with Gasteiger partial charge in [0.2, 0.25) is 0 Å². The Labute approximate surface area is 393 Å². The maximum atomic E-state index is 10.5. The Hall–Kier alpha value is -9.30. The van der Waals surface area contributed by atoms with Crippen LogP contribution in [0.5, 0.6) is 0 Å². The Kier molecular flexibility index (Phi) is 9.20. The lowest BCUT2D eigenvalue weighted by Crippen LogP contribution is -2.00. The molecule has 0 amide bonds. The van der Waals surface area contributed by atoms with Gasteiger partial charge in [-0.25, -0.2) is 15.0 Å². The number of aromatic nitrogens is 3. The minimum absolute atomic E-state index is 0.567. The van der Waals surface area contributed by atoms with Gasteiger partial charge in [0.1, 0.15) is 0 Å². The van der Waals surface area contributed by atoms with Gasteiger partial charge in [0.15, 0.2) is 17.5 Å². The number of benzene rings is 11. The highest BCUT2D eigenvalue weighted by atomic mass is 15.0. The molecule has 12 aromatic rings. The lowest BCUT2D eigenvalue weighted by Gasteiger charge is -2.15. The van der Waals surface area contributed by atoms with Crippen molar-refractivity contribution in [3.8, 4) is 107 Å². The lowest BCUT2D eigenvalue weighted by molar-refractivity contribution is 1.07. The Balaban J connectivity index is 0.858. The number of nitriles is 1. The lowest BCUT2D eigenvalue weighted by atomic mass is 9.89. The SMILES string of the molecule is N#Cc1cccc(-c2cccc(-c3nc(-c4ccccc4)nc(-c4ccc(-c5ccc6c(c5)-c5cccc7cccc-6c57)cc4)n3)c2)c1-c1ccc(-c2cccc3c2ccc2ccccc23)cc1. The summed E-state index contributed by atoms with van der Waals surface area (Å²) in [5.41, 5.74) is 16.7. The Morgan fingerprint density at radius 1 is 0.279 bits per heavy atom. The standard InChI is InChI=1S/C64H38N4/c65-39-50-18-9-21-53(60(50)44-29-27-42(28-30-44)52-20-10-22-54-51-19-5-4-11-41(51)33-35-55(52)54)48-16-6-17-49(37-48)64-67-62(45-12-2-1-3-13-45)66-63(68-64)46-31-25-40(26-32-46)47-34-36-56-57-23-7-14-43-15-8-24-58(61(43)57)59(56)38-47/h1-38H. The molecule has 4 nitrogen and oxygen atoms in total. The van der Waals surface area contributed by atoms with Crippen LogP contribution in [0.2, 0.25) is 0 Å². The summed E-state index contributed by atoms with van der Waals surface area (Å²) in [7, 11) is 0. The monoisotopic (exact) mass is 862 g/mol. The van der Waals surface area contributed by atoms with Crippen molar-refractivity contribution >= 4 is 32.3 Å². The Morgan fingerprint density at radius 3 is 1.62 bits per heavy atom. The predicted octanol–water partition coefficient (Wildman–Crippen LogP) is 16.5. The molecule has 0 saturated carbocycles. The molecule has 1 aromatic heterocycles. The number of hydrogen-bond acceptors (Lipinski definition) is 4. The molecule has 0 radical (unpaired) electrons. The van der Waals surface area contributed by atoms with Crippen LogP contribution in [0.4, 0.5) is 0 Å². The largest absolute Gasteiger partial charge is 0.208 e. The summed E-state index contributed by atoms with van der Waals surface area (Å²) in [5.74, 6) is 1.75. The zero-order valence-electron chi connectivity index (χ0n) is 36.7. The summed E-state index contributed by atoms with van der Waals surface area (Å²) in [6.45, 7) is 0. The van der Waals surface area contributed by atoms with Crippen LogP contribution in [0.1, 0.15) is 5.56 Å². The van der Waals surface area contributed by atoms with E-state index in [1.807, 2.05) is 54.6 Å². The zero-order chi connectivity index (χ0) is 45.1. The Bertz CT molecular complexity index is 4010. The van der Waals surface area contributed by atoms with Crippen LogP contribution in [-0.4, -0.2) is 15.0 Å². The summed E-state index contributed by atoms with van der Waals surface area (Å²) in [6, 6.07) is 83.4. The summed E-state index contributed by atoms with van der Waals surface area (Å²) >= 11 is 0. The van der Waals surface area contributed by atoms with Gasteiger partial charge in [-0.05, 0) is 112 Å². The topological polar surface area (TPSA) is 62.5 Å². The average molecular weight is 863 g/mol. The van der Waals surface area contributed by atoms with E-state index in [0.717, 1.165) is 55.6 Å². The van der Waals surface area contributed by atoms with E-state index in [4.69, 9.17) is 15.0 Å². The fourth-order valence-corrected chi connectivity index (χ4v) is 10.3. The van der Waals surface area contributed by atoms with Gasteiger partial charge in [0.05, 0.1) is 11.6 Å². The summed E-state index contributed by atoms with van der Waals surface area (Å²) < 4.78 is 0. The van der Waals surface area contributed by atoms with E-state index >= 15 is 0 Å². The molecule has 11 aromatic carbocycles. The van der Waals surface area contributed by atoms with Crippen molar-refractivity contribution < 1.29 is 0 Å². The third-order valence-electron chi connectivity index (χ3n) is 13.5. The molecule has 0 fully saturated rings. The Morgan fingerprint density at radius 2 is 0.824 bits per heavy atom. The quantitative estimate of drug-likeness (QED) is 0.150. The van der Waals surface area contributed by atoms with Gasteiger partial charge in [0.25, 0.3) is 0 Å². The third kappa shape index (κ3) is 6.56. The van der Waals surface area contributed by atoms with E-state index in [9.17, 15) is 5.26 Å². The molecule has 1 aliphatic rings. The molecule has 0 saturated heterocycles. The molecule has 0 N–H and O–H groups in total. The van der Waals surface area contributed by atoms with Gasteiger partial charge >= 0.3 is 0 Å². The van der Waals surface area contributed by atoms with Gasteiger partial charge in [-0.2, -0.15) is 5.26 Å². The minimum Gasteiger partial charge on any atom is -0.208 e. The first kappa shape index (κ1) is 39.1. The molecule has 1 aliphatic carbocycles. The normalized spacial score (nSPS) is 11.5. The molecule has 0 atom stereocenters. The van der Waals surface area contributed by atoms with Crippen LogP contribution in [0.15, 0.2) is 231 Å². The van der Waals surface area contributed by atoms with Crippen LogP contribution in [-0.2, 0) is 0 Å². The van der Waals surface area contributed by atoms with Crippen molar-refractivity contribution in [1.29, 1.82) is 5.26 Å². The second kappa shape index (κ2) is 16.0. The number of rotatable bonds is 7. The van der Waals surface area contributed by atoms with E-state index in [1.165, 1.54) is 60.1 Å². The highest BCUT2D eigenvalue weighted by Gasteiger charge is 2.22. The number of hydrogen-bond donors (Lipinski definition) is 0. The molecule has 0 bridgehead atoms. The van der Waals surface area contributed by atoms with Gasteiger partial charge in [-0.3, -0.25) is 0 Å². The maximum Gasteiger partial charge on any atom is 0.164 e. The fraction of sp³-hybridized carbons (Fsp3) is 0. The van der Waals surface area contributed by atoms with Crippen molar-refractivity contribution in [2.24, 2.45) is 0 Å². The summed E-state index contributed by atoms with van der Waals surface area (Å²) in [5, 5.41) is 18.0. The van der Waals surface area contributed by atoms with Crippen LogP contribution >= 0.6 is 0 Å². The van der Waals surface area contributed by atoms with Crippen molar-refractivity contribution in [3.05, 3.63) is 236 Å². The maximum absolute atomic E-state index is 10.5. The molecular formula is C64H38N4. The van der Waals surface area contributed by atoms with Gasteiger partial charge in [-0.1, -0.05) is 212 Å². The van der Waals surface area contributed by atoms with Crippen LogP contribution in [0, 0.1) is 11.3 Å². The van der Waals surface area contributed by atoms with Crippen molar-refractivity contribution in [2.75, 3.05) is 0 Å². The smallest absolute Gasteiger partial charge is 0.164 e. The van der Waals surface area contributed by atoms with E-state index in [0.29, 0.717) is 23.0 Å². The molecule has 314 valence electrons. The van der Waals surface area contributed by atoms with Gasteiger partial charge in [-0.15, -0.1) is 0 Å². The first-order chi connectivity index (χ1) is 33.6. The predicted molar refractivity (Wildman–Crippen MR) is 280 cm³/mol.